The van der Waals surface area contributed by atoms with Gasteiger partial charge in [-0.1, -0.05) is 25.4 Å². The Labute approximate surface area is 163 Å². The normalized spacial score (nSPS) is 9.74. The van der Waals surface area contributed by atoms with E-state index in [0.29, 0.717) is 11.5 Å². The maximum atomic E-state index is 14.4. The van der Waals surface area contributed by atoms with Crippen LogP contribution in [0.1, 0.15) is 36.7 Å². The lowest BCUT2D eigenvalue weighted by Gasteiger charge is -2.15. The molecule has 1 aromatic carbocycles. The minimum atomic E-state index is -0.820. The van der Waals surface area contributed by atoms with Crippen LogP contribution in [0.15, 0.2) is 24.4 Å². The molecule has 0 aliphatic heterocycles. The number of nitrogens with zero attached hydrogens (tertiary/aromatic N) is 1. The van der Waals surface area contributed by atoms with Gasteiger partial charge in [0, 0.05) is 24.4 Å². The summed E-state index contributed by atoms with van der Waals surface area (Å²) in [5.74, 6) is -0.314. The molecule has 6 nitrogen and oxygen atoms in total. The molecule has 8 heteroatoms. The van der Waals surface area contributed by atoms with Gasteiger partial charge in [0.25, 0.3) is 0 Å². The first-order chi connectivity index (χ1) is 13.0. The Kier molecular flexibility index (Phi) is 9.36. The molecule has 27 heavy (non-hydrogen) atoms. The predicted molar refractivity (Wildman–Crippen MR) is 103 cm³/mol. The van der Waals surface area contributed by atoms with Crippen molar-refractivity contribution in [1.29, 1.82) is 0 Å². The molecule has 0 aliphatic rings. The van der Waals surface area contributed by atoms with Gasteiger partial charge in [-0.3, -0.25) is 0 Å². The van der Waals surface area contributed by atoms with Crippen LogP contribution in [0.4, 0.5) is 10.1 Å². The highest BCUT2D eigenvalue weighted by molar-refractivity contribution is 6.30. The minimum Gasteiger partial charge on any atom is -0.497 e. The van der Waals surface area contributed by atoms with Crippen molar-refractivity contribution in [3.8, 4) is 11.5 Å². The van der Waals surface area contributed by atoms with E-state index < -0.39 is 11.8 Å². The number of ether oxygens (including phenoxy) is 3. The van der Waals surface area contributed by atoms with E-state index in [-0.39, 0.29) is 29.6 Å². The number of esters is 1. The quantitative estimate of drug-likeness (QED) is 0.538. The van der Waals surface area contributed by atoms with Gasteiger partial charge in [-0.15, -0.1) is 0 Å². The van der Waals surface area contributed by atoms with E-state index in [2.05, 4.69) is 10.3 Å². The highest BCUT2D eigenvalue weighted by Gasteiger charge is 2.20. The Morgan fingerprint density at radius 2 is 1.96 bits per heavy atom. The highest BCUT2D eigenvalue weighted by atomic mass is 35.5. The molecule has 2 aromatic rings. The Balaban J connectivity index is 0.00000176. The van der Waals surface area contributed by atoms with Crippen LogP contribution in [0, 0.1) is 5.82 Å². The van der Waals surface area contributed by atoms with Crippen molar-refractivity contribution in [3.63, 3.8) is 0 Å². The van der Waals surface area contributed by atoms with E-state index in [1.807, 2.05) is 13.8 Å². The van der Waals surface area contributed by atoms with Gasteiger partial charge in [-0.25, -0.2) is 14.2 Å². The number of carbonyl (C=O) groups excluding carboxylic acids is 1. The third-order valence-electron chi connectivity index (χ3n) is 3.42. The zero-order chi connectivity index (χ0) is 20.4. The van der Waals surface area contributed by atoms with E-state index in [1.165, 1.54) is 13.3 Å². The number of hydrogen-bond acceptors (Lipinski definition) is 6. The maximum Gasteiger partial charge on any atom is 0.341 e. The molecule has 0 spiro atoms. The van der Waals surface area contributed by atoms with Crippen LogP contribution in [0.25, 0.3) is 0 Å². The van der Waals surface area contributed by atoms with Gasteiger partial charge in [0.1, 0.15) is 17.1 Å². The van der Waals surface area contributed by atoms with Gasteiger partial charge in [0.2, 0.25) is 0 Å². The van der Waals surface area contributed by atoms with Crippen molar-refractivity contribution < 1.29 is 23.4 Å². The van der Waals surface area contributed by atoms with Crippen molar-refractivity contribution >= 4 is 23.3 Å². The van der Waals surface area contributed by atoms with E-state index >= 15 is 0 Å². The summed E-state index contributed by atoms with van der Waals surface area (Å²) in [4.78, 5) is 15.7. The summed E-state index contributed by atoms with van der Waals surface area (Å²) in [6.45, 7) is 6.01. The highest BCUT2D eigenvalue weighted by Crippen LogP contribution is 2.29. The average molecular weight is 399 g/mol. The molecule has 0 amide bonds. The summed E-state index contributed by atoms with van der Waals surface area (Å²) in [5.41, 5.74) is 0.637. The monoisotopic (exact) mass is 398 g/mol. The second-order valence-corrected chi connectivity index (χ2v) is 5.26. The van der Waals surface area contributed by atoms with Crippen LogP contribution in [0.5, 0.6) is 11.5 Å². The summed E-state index contributed by atoms with van der Waals surface area (Å²) in [7, 11) is 3.07. The molecule has 0 fully saturated rings. The smallest absolute Gasteiger partial charge is 0.341 e. The molecule has 0 unspecified atom stereocenters. The van der Waals surface area contributed by atoms with Crippen LogP contribution in [-0.2, 0) is 11.3 Å². The number of halogens is 2. The van der Waals surface area contributed by atoms with Crippen molar-refractivity contribution in [2.24, 2.45) is 0 Å². The first kappa shape index (κ1) is 22.5. The van der Waals surface area contributed by atoms with Gasteiger partial charge >= 0.3 is 5.97 Å². The Bertz CT molecular complexity index is 772. The molecule has 0 radical (unpaired) electrons. The van der Waals surface area contributed by atoms with Crippen LogP contribution < -0.4 is 14.8 Å². The molecule has 0 atom stereocenters. The zero-order valence-corrected chi connectivity index (χ0v) is 16.8. The number of pyridine rings is 1. The summed E-state index contributed by atoms with van der Waals surface area (Å²) in [6, 6.07) is 5.23. The van der Waals surface area contributed by atoms with Crippen LogP contribution in [0.2, 0.25) is 5.15 Å². The molecule has 1 aromatic heterocycles. The molecule has 2 rings (SSSR count). The number of anilines is 1. The summed E-state index contributed by atoms with van der Waals surface area (Å²) >= 11 is 5.73. The molecule has 0 aliphatic carbocycles. The molecular formula is C19H24ClFN2O4. The van der Waals surface area contributed by atoms with Crippen molar-refractivity contribution in [2.45, 2.75) is 27.3 Å². The van der Waals surface area contributed by atoms with E-state index in [9.17, 15) is 9.18 Å². The van der Waals surface area contributed by atoms with E-state index in [4.69, 9.17) is 25.8 Å². The first-order valence-electron chi connectivity index (χ1n) is 8.47. The molecule has 0 saturated heterocycles. The van der Waals surface area contributed by atoms with Crippen LogP contribution in [-0.4, -0.2) is 31.8 Å². The lowest BCUT2D eigenvalue weighted by Crippen LogP contribution is -2.13. The number of hydrogen-bond donors (Lipinski definition) is 1. The largest absolute Gasteiger partial charge is 0.497 e. The topological polar surface area (TPSA) is 69.7 Å². The Morgan fingerprint density at radius 3 is 2.56 bits per heavy atom. The molecule has 148 valence electrons. The number of carbonyl (C=O) groups is 1. The standard InChI is InChI=1S/C17H18ClFN2O4.C2H6/c1-4-25-17(22)12-9-21-16(18)14(19)15(12)20-8-10-5-6-11(23-2)7-13(10)24-3;1-2/h5-7,9H,4,8H2,1-3H3,(H,20,21);1-2H3. The number of aromatic nitrogens is 1. The number of nitrogens with one attached hydrogen (secondary N) is 1. The van der Waals surface area contributed by atoms with Crippen LogP contribution in [0.3, 0.4) is 0 Å². The summed E-state index contributed by atoms with van der Waals surface area (Å²) < 4.78 is 29.7. The number of rotatable bonds is 7. The second kappa shape index (κ2) is 11.2. The van der Waals surface area contributed by atoms with Crippen LogP contribution >= 0.6 is 11.6 Å². The lowest BCUT2D eigenvalue weighted by molar-refractivity contribution is 0.0526. The van der Waals surface area contributed by atoms with Crippen molar-refractivity contribution in [3.05, 3.63) is 46.5 Å². The van der Waals surface area contributed by atoms with Gasteiger partial charge in [0.05, 0.1) is 26.5 Å². The predicted octanol–water partition coefficient (Wildman–Crippen LogP) is 4.71. The third-order valence-corrected chi connectivity index (χ3v) is 3.69. The fourth-order valence-corrected chi connectivity index (χ4v) is 2.33. The van der Waals surface area contributed by atoms with Gasteiger partial charge in [-0.05, 0) is 19.1 Å². The summed E-state index contributed by atoms with van der Waals surface area (Å²) in [6.07, 6.45) is 1.18. The second-order valence-electron chi connectivity index (χ2n) is 4.90. The van der Waals surface area contributed by atoms with E-state index in [0.717, 1.165) is 5.56 Å². The fraction of sp³-hybridized carbons (Fsp3) is 0.368. The Morgan fingerprint density at radius 1 is 1.26 bits per heavy atom. The molecule has 1 N–H and O–H groups in total. The fourth-order valence-electron chi connectivity index (χ4n) is 2.18. The number of benzene rings is 1. The molecule has 1 heterocycles. The zero-order valence-electron chi connectivity index (χ0n) is 16.1. The van der Waals surface area contributed by atoms with Gasteiger partial charge in [-0.2, -0.15) is 0 Å². The van der Waals surface area contributed by atoms with Crippen molar-refractivity contribution in [2.75, 3.05) is 26.1 Å². The summed E-state index contributed by atoms with van der Waals surface area (Å²) in [5, 5.41) is 2.53. The van der Waals surface area contributed by atoms with Gasteiger partial charge in [0.15, 0.2) is 11.0 Å². The molecular weight excluding hydrogens is 375 g/mol. The number of methoxy groups -OCH3 is 2. The minimum absolute atomic E-state index is 0.0313. The average Bonchev–Trinajstić information content (AvgIpc) is 2.70. The SMILES string of the molecule is CC.CCOC(=O)c1cnc(Cl)c(F)c1NCc1ccc(OC)cc1OC. The van der Waals surface area contributed by atoms with E-state index in [1.54, 1.807) is 32.2 Å². The third kappa shape index (κ3) is 5.72. The first-order valence-corrected chi connectivity index (χ1v) is 8.85. The maximum absolute atomic E-state index is 14.4. The van der Waals surface area contributed by atoms with Crippen molar-refractivity contribution in [1.82, 2.24) is 4.98 Å². The Hall–Kier alpha value is -2.54. The lowest BCUT2D eigenvalue weighted by atomic mass is 10.1. The van der Waals surface area contributed by atoms with Gasteiger partial charge < -0.3 is 19.5 Å². The molecule has 0 bridgehead atoms. The molecule has 0 saturated carbocycles.